The van der Waals surface area contributed by atoms with Crippen molar-refractivity contribution in [1.29, 1.82) is 0 Å². The molecule has 148 valence electrons. The minimum Gasteiger partial charge on any atom is -0.491 e. The van der Waals surface area contributed by atoms with Gasteiger partial charge in [0.2, 0.25) is 0 Å². The lowest BCUT2D eigenvalue weighted by molar-refractivity contribution is 0.0996. The molecule has 1 saturated carbocycles. The summed E-state index contributed by atoms with van der Waals surface area (Å²) in [6.45, 7) is 0.474. The van der Waals surface area contributed by atoms with Gasteiger partial charge in [0.1, 0.15) is 18.2 Å². The molecule has 2 aromatic rings. The lowest BCUT2D eigenvalue weighted by Gasteiger charge is -2.30. The highest BCUT2D eigenvalue weighted by atomic mass is 16.5. The number of ether oxygens (including phenoxy) is 1. The number of rotatable bonds is 5. The van der Waals surface area contributed by atoms with Crippen LogP contribution in [0.2, 0.25) is 0 Å². The van der Waals surface area contributed by atoms with E-state index < -0.39 is 5.91 Å². The molecule has 8 heteroatoms. The first-order valence-corrected chi connectivity index (χ1v) is 9.76. The summed E-state index contributed by atoms with van der Waals surface area (Å²) in [6, 6.07) is 8.14. The molecule has 6 N–H and O–H groups in total. The molecule has 28 heavy (non-hydrogen) atoms. The molecule has 1 unspecified atom stereocenters. The van der Waals surface area contributed by atoms with Crippen molar-refractivity contribution in [3.8, 4) is 5.75 Å². The predicted molar refractivity (Wildman–Crippen MR) is 107 cm³/mol. The Kier molecular flexibility index (Phi) is 5.29. The van der Waals surface area contributed by atoms with E-state index >= 15 is 0 Å². The van der Waals surface area contributed by atoms with Gasteiger partial charge in [0.25, 0.3) is 5.91 Å². The molecule has 0 bridgehead atoms. The normalized spacial score (nSPS) is 24.0. The molecule has 1 fully saturated rings. The van der Waals surface area contributed by atoms with Crippen molar-refractivity contribution >= 4 is 17.5 Å². The summed E-state index contributed by atoms with van der Waals surface area (Å²) < 4.78 is 5.82. The molecule has 3 atom stereocenters. The number of nitrogens with zero attached hydrogens (tertiary/aromatic N) is 2. The summed E-state index contributed by atoms with van der Waals surface area (Å²) in [5.41, 5.74) is 13.0. The molecule has 1 aromatic heterocycles. The van der Waals surface area contributed by atoms with E-state index in [1.54, 1.807) is 6.20 Å². The molecule has 1 amide bonds. The maximum atomic E-state index is 11.8. The largest absolute Gasteiger partial charge is 0.491 e. The maximum absolute atomic E-state index is 11.8. The number of para-hydroxylation sites is 1. The van der Waals surface area contributed by atoms with E-state index in [9.17, 15) is 4.79 Å². The number of nitrogens with one attached hydrogen (secondary N) is 2. The average molecular weight is 382 g/mol. The molecule has 0 radical (unpaired) electrons. The van der Waals surface area contributed by atoms with E-state index in [-0.39, 0.29) is 23.8 Å². The van der Waals surface area contributed by atoms with Gasteiger partial charge in [0, 0.05) is 12.1 Å². The van der Waals surface area contributed by atoms with E-state index in [4.69, 9.17) is 16.2 Å². The van der Waals surface area contributed by atoms with Crippen molar-refractivity contribution in [3.05, 3.63) is 41.7 Å². The lowest BCUT2D eigenvalue weighted by Crippen LogP contribution is -2.42. The van der Waals surface area contributed by atoms with Crippen LogP contribution in [0.3, 0.4) is 0 Å². The third-order valence-corrected chi connectivity index (χ3v) is 5.38. The minimum absolute atomic E-state index is 0.0329. The summed E-state index contributed by atoms with van der Waals surface area (Å²) in [7, 11) is 0. The van der Waals surface area contributed by atoms with Crippen LogP contribution in [0, 0.1) is 0 Å². The van der Waals surface area contributed by atoms with Gasteiger partial charge < -0.3 is 26.8 Å². The second-order valence-electron chi connectivity index (χ2n) is 7.48. The molecule has 0 saturated heterocycles. The monoisotopic (exact) mass is 382 g/mol. The second kappa shape index (κ2) is 8.02. The predicted octanol–water partition coefficient (Wildman–Crippen LogP) is 1.67. The zero-order valence-corrected chi connectivity index (χ0v) is 15.7. The Morgan fingerprint density at radius 1 is 1.18 bits per heavy atom. The zero-order chi connectivity index (χ0) is 19.5. The molecule has 2 aliphatic rings. The van der Waals surface area contributed by atoms with Crippen LogP contribution in [0.25, 0.3) is 0 Å². The van der Waals surface area contributed by atoms with Crippen LogP contribution in [0.1, 0.15) is 41.7 Å². The summed E-state index contributed by atoms with van der Waals surface area (Å²) in [5, 5.41) is 6.66. The number of hydrogen-bond acceptors (Lipinski definition) is 7. The number of anilines is 2. The quantitative estimate of drug-likeness (QED) is 0.619. The first-order chi connectivity index (χ1) is 13.6. The van der Waals surface area contributed by atoms with Gasteiger partial charge in [-0.25, -0.2) is 9.97 Å². The standard InChI is InChI=1S/C20H26N6O2/c21-14-6-2-3-7-15(14)25-17-10-23-18(19(22)27)20(26-17)24-13-9-12-5-1-4-8-16(12)28-11-13/h1,4-5,8,10,13-15H,2-3,6-7,9,11,21H2,(H2,22,27)(H2,24,25,26)/t13?,14-,15+/m0/s1. The molecular formula is C20H26N6O2. The number of carbonyl (C=O) groups is 1. The fraction of sp³-hybridized carbons (Fsp3) is 0.450. The third kappa shape index (κ3) is 4.01. The molecule has 0 spiro atoms. The number of carbonyl (C=O) groups excluding carboxylic acids is 1. The highest BCUT2D eigenvalue weighted by molar-refractivity contribution is 5.95. The summed E-state index contributed by atoms with van der Waals surface area (Å²) in [6.07, 6.45) is 6.59. The first-order valence-electron chi connectivity index (χ1n) is 9.76. The Hall–Kier alpha value is -2.87. The maximum Gasteiger partial charge on any atom is 0.271 e. The van der Waals surface area contributed by atoms with Crippen molar-refractivity contribution in [1.82, 2.24) is 9.97 Å². The highest BCUT2D eigenvalue weighted by Crippen LogP contribution is 2.26. The summed E-state index contributed by atoms with van der Waals surface area (Å²) in [5.74, 6) is 1.23. The molecule has 1 aliphatic carbocycles. The number of amides is 1. The smallest absolute Gasteiger partial charge is 0.271 e. The number of hydrogen-bond donors (Lipinski definition) is 4. The van der Waals surface area contributed by atoms with E-state index in [1.165, 1.54) is 0 Å². The zero-order valence-electron chi connectivity index (χ0n) is 15.7. The van der Waals surface area contributed by atoms with Crippen LogP contribution >= 0.6 is 0 Å². The average Bonchev–Trinajstić information content (AvgIpc) is 2.70. The number of aromatic nitrogens is 2. The van der Waals surface area contributed by atoms with E-state index in [1.807, 2.05) is 24.3 Å². The van der Waals surface area contributed by atoms with Gasteiger partial charge in [-0.15, -0.1) is 0 Å². The van der Waals surface area contributed by atoms with Crippen LogP contribution in [0.5, 0.6) is 5.75 Å². The van der Waals surface area contributed by atoms with Gasteiger partial charge in [0.05, 0.1) is 12.2 Å². The van der Waals surface area contributed by atoms with Crippen molar-refractivity contribution < 1.29 is 9.53 Å². The van der Waals surface area contributed by atoms with E-state index in [2.05, 4.69) is 20.6 Å². The number of benzene rings is 1. The second-order valence-corrected chi connectivity index (χ2v) is 7.48. The fourth-order valence-corrected chi connectivity index (χ4v) is 3.88. The van der Waals surface area contributed by atoms with Crippen molar-refractivity contribution in [2.75, 3.05) is 17.2 Å². The molecular weight excluding hydrogens is 356 g/mol. The number of fused-ring (bicyclic) bond motifs is 1. The van der Waals surface area contributed by atoms with Crippen LogP contribution in [0.4, 0.5) is 11.6 Å². The van der Waals surface area contributed by atoms with Crippen LogP contribution in [-0.2, 0) is 6.42 Å². The summed E-state index contributed by atoms with van der Waals surface area (Å²) in [4.78, 5) is 20.6. The van der Waals surface area contributed by atoms with E-state index in [0.717, 1.165) is 43.4 Å². The van der Waals surface area contributed by atoms with Crippen LogP contribution in [-0.4, -0.2) is 40.6 Å². The van der Waals surface area contributed by atoms with Crippen molar-refractivity contribution in [2.45, 2.75) is 50.2 Å². The Morgan fingerprint density at radius 2 is 2.00 bits per heavy atom. The highest BCUT2D eigenvalue weighted by Gasteiger charge is 2.25. The SMILES string of the molecule is NC(=O)c1ncc(N[C@@H]2CCCC[C@@H]2N)nc1NC1COc2ccccc2C1. The van der Waals surface area contributed by atoms with Gasteiger partial charge in [-0.2, -0.15) is 0 Å². The molecule has 4 rings (SSSR count). The number of nitrogens with two attached hydrogens (primary N) is 2. The topological polar surface area (TPSA) is 128 Å². The van der Waals surface area contributed by atoms with Gasteiger partial charge in [-0.3, -0.25) is 4.79 Å². The number of primary amides is 1. The van der Waals surface area contributed by atoms with Gasteiger partial charge >= 0.3 is 0 Å². The first kappa shape index (κ1) is 18.5. The van der Waals surface area contributed by atoms with E-state index in [0.29, 0.717) is 18.2 Å². The molecule has 1 aromatic carbocycles. The van der Waals surface area contributed by atoms with Crippen molar-refractivity contribution in [2.24, 2.45) is 11.5 Å². The molecule has 1 aliphatic heterocycles. The summed E-state index contributed by atoms with van der Waals surface area (Å²) >= 11 is 0. The Balaban J connectivity index is 1.52. The molecule has 8 nitrogen and oxygen atoms in total. The van der Waals surface area contributed by atoms with Gasteiger partial charge in [0.15, 0.2) is 11.5 Å². The Morgan fingerprint density at radius 3 is 2.82 bits per heavy atom. The van der Waals surface area contributed by atoms with Crippen LogP contribution < -0.4 is 26.8 Å². The van der Waals surface area contributed by atoms with Gasteiger partial charge in [-0.1, -0.05) is 31.0 Å². The van der Waals surface area contributed by atoms with Crippen molar-refractivity contribution in [3.63, 3.8) is 0 Å². The Labute approximate surface area is 164 Å². The lowest BCUT2D eigenvalue weighted by atomic mass is 9.91. The third-order valence-electron chi connectivity index (χ3n) is 5.38. The van der Waals surface area contributed by atoms with Crippen LogP contribution in [0.15, 0.2) is 30.5 Å². The minimum atomic E-state index is -0.618. The van der Waals surface area contributed by atoms with Gasteiger partial charge in [-0.05, 0) is 30.9 Å². The molecule has 2 heterocycles. The fourth-order valence-electron chi connectivity index (χ4n) is 3.88. The Bertz CT molecular complexity index is 858.